The molecule has 13 heteroatoms. The van der Waals surface area contributed by atoms with Crippen LogP contribution in [-0.4, -0.2) is 82.1 Å². The highest BCUT2D eigenvalue weighted by atomic mass is 19.1. The zero-order valence-electron chi connectivity index (χ0n) is 20.0. The maximum absolute atomic E-state index is 15.2. The first kappa shape index (κ1) is 22.7. The molecule has 0 saturated carbocycles. The molecule has 0 bridgehead atoms. The second-order valence-electron chi connectivity index (χ2n) is 9.94. The molecule has 1 saturated heterocycles. The number of piperidine rings is 1. The maximum atomic E-state index is 15.2. The number of benzene rings is 1. The highest BCUT2D eigenvalue weighted by Gasteiger charge is 2.44. The molecule has 0 radical (unpaired) electrons. The van der Waals surface area contributed by atoms with E-state index in [4.69, 9.17) is 14.2 Å². The molecule has 1 fully saturated rings. The van der Waals surface area contributed by atoms with Gasteiger partial charge in [-0.3, -0.25) is 4.79 Å². The van der Waals surface area contributed by atoms with Crippen molar-refractivity contribution in [1.29, 1.82) is 0 Å². The minimum Gasteiger partial charge on any atom is -0.499 e. The summed E-state index contributed by atoms with van der Waals surface area (Å²) in [5.74, 6) is 2.35. The Bertz CT molecular complexity index is 1320. The number of fused-ring (bicyclic) bond motifs is 2. The predicted molar refractivity (Wildman–Crippen MR) is 137 cm³/mol. The van der Waals surface area contributed by atoms with E-state index >= 15 is 4.39 Å². The third-order valence-electron chi connectivity index (χ3n) is 6.91. The quantitative estimate of drug-likeness (QED) is 0.420. The molecule has 0 amide bonds. The molecule has 34 heavy (non-hydrogen) atoms. The third-order valence-corrected chi connectivity index (χ3v) is 6.91. The SMILES string of the molecule is BC1(B)Oc2ccc(O[C@H]3CCN(c4nn5c(=O)ccnc5cc4C)C[C@@H]3F)cc2OC1(B)B. The molecule has 0 unspecified atom stereocenters. The molecule has 2 aliphatic heterocycles. The van der Waals surface area contributed by atoms with Crippen molar-refractivity contribution in [3.8, 4) is 17.2 Å². The molecule has 3 aromatic rings. The van der Waals surface area contributed by atoms with Crippen molar-refractivity contribution in [3.63, 3.8) is 0 Å². The summed E-state index contributed by atoms with van der Waals surface area (Å²) in [7, 11) is 7.93. The number of hydrogen-bond acceptors (Lipinski definition) is 7. The van der Waals surface area contributed by atoms with Crippen LogP contribution in [0, 0.1) is 6.92 Å². The van der Waals surface area contributed by atoms with Gasteiger partial charge in [0.25, 0.3) is 5.56 Å². The van der Waals surface area contributed by atoms with E-state index in [-0.39, 0.29) is 12.1 Å². The van der Waals surface area contributed by atoms with E-state index in [1.807, 2.05) is 43.2 Å². The Morgan fingerprint density at radius 2 is 1.85 bits per heavy atom. The summed E-state index contributed by atoms with van der Waals surface area (Å²) in [6.45, 7) is 2.55. The van der Waals surface area contributed by atoms with Crippen molar-refractivity contribution in [1.82, 2.24) is 14.6 Å². The van der Waals surface area contributed by atoms with Crippen molar-refractivity contribution < 1.29 is 18.6 Å². The van der Waals surface area contributed by atoms with E-state index in [1.54, 1.807) is 24.3 Å². The molecule has 0 spiro atoms. The van der Waals surface area contributed by atoms with Gasteiger partial charge in [-0.15, -0.1) is 5.10 Å². The van der Waals surface area contributed by atoms with Gasteiger partial charge in [0.15, 0.2) is 29.1 Å². The van der Waals surface area contributed by atoms with E-state index in [0.29, 0.717) is 41.7 Å². The fourth-order valence-corrected chi connectivity index (χ4v) is 4.26. The first-order chi connectivity index (χ1) is 16.0. The van der Waals surface area contributed by atoms with Crippen molar-refractivity contribution >= 4 is 42.9 Å². The normalized spacial score (nSPS) is 22.9. The van der Waals surface area contributed by atoms with E-state index < -0.39 is 23.1 Å². The van der Waals surface area contributed by atoms with Crippen molar-refractivity contribution in [2.45, 2.75) is 36.4 Å². The third kappa shape index (κ3) is 3.90. The molecule has 0 N–H and O–H groups in total. The second-order valence-corrected chi connectivity index (χ2v) is 9.94. The van der Waals surface area contributed by atoms with Gasteiger partial charge in [0.05, 0.1) is 17.3 Å². The van der Waals surface area contributed by atoms with E-state index in [9.17, 15) is 4.79 Å². The molecule has 4 heterocycles. The van der Waals surface area contributed by atoms with Gasteiger partial charge in [0.2, 0.25) is 0 Å². The number of rotatable bonds is 3. The molecule has 8 nitrogen and oxygen atoms in total. The number of aromatic nitrogens is 3. The summed E-state index contributed by atoms with van der Waals surface area (Å²) in [4.78, 5) is 18.2. The molecule has 1 aromatic carbocycles. The van der Waals surface area contributed by atoms with Crippen molar-refractivity contribution in [2.24, 2.45) is 0 Å². The number of alkyl halides is 1. The van der Waals surface area contributed by atoms with Crippen LogP contribution < -0.4 is 24.7 Å². The van der Waals surface area contributed by atoms with E-state index in [2.05, 4.69) is 10.1 Å². The monoisotopic (exact) mass is 460 g/mol. The van der Waals surface area contributed by atoms with Gasteiger partial charge in [0.1, 0.15) is 43.2 Å². The smallest absolute Gasteiger partial charge is 0.274 e. The van der Waals surface area contributed by atoms with Gasteiger partial charge in [-0.2, -0.15) is 4.52 Å². The Kier molecular flexibility index (Phi) is 5.33. The van der Waals surface area contributed by atoms with Gasteiger partial charge < -0.3 is 19.1 Å². The number of hydrogen-bond donors (Lipinski definition) is 0. The molecule has 172 valence electrons. The molecule has 0 aliphatic carbocycles. The molecule has 5 rings (SSSR count). The summed E-state index contributed by atoms with van der Waals surface area (Å²) in [6.07, 6.45) is 0.0849. The number of aryl methyl sites for hydroxylation is 1. The second kappa shape index (κ2) is 7.99. The van der Waals surface area contributed by atoms with Gasteiger partial charge in [-0.25, -0.2) is 9.37 Å². The van der Waals surface area contributed by atoms with Crippen LogP contribution >= 0.6 is 0 Å². The predicted octanol–water partition coefficient (Wildman–Crippen LogP) is -2.00. The Morgan fingerprint density at radius 3 is 2.59 bits per heavy atom. The van der Waals surface area contributed by atoms with Crippen molar-refractivity contribution in [2.75, 3.05) is 18.0 Å². The molecule has 2 atom stereocenters. The number of anilines is 1. The summed E-state index contributed by atoms with van der Waals surface area (Å²) in [5.41, 5.74) is 1.03. The zero-order chi connectivity index (χ0) is 24.3. The van der Waals surface area contributed by atoms with Crippen LogP contribution in [0.25, 0.3) is 5.65 Å². The fraction of sp³-hybridized carbons (Fsp3) is 0.381. The van der Waals surface area contributed by atoms with Gasteiger partial charge >= 0.3 is 0 Å². The maximum Gasteiger partial charge on any atom is 0.274 e. The van der Waals surface area contributed by atoms with E-state index in [0.717, 1.165) is 5.56 Å². The van der Waals surface area contributed by atoms with Crippen LogP contribution in [0.5, 0.6) is 17.2 Å². The summed E-state index contributed by atoms with van der Waals surface area (Å²) < 4.78 is 34.8. The Hall–Kier alpha value is -3.10. The number of halogens is 1. The lowest BCUT2D eigenvalue weighted by molar-refractivity contribution is 0.0587. The first-order valence-corrected chi connectivity index (χ1v) is 11.5. The fourth-order valence-electron chi connectivity index (χ4n) is 4.26. The molecule has 2 aliphatic rings. The highest BCUT2D eigenvalue weighted by Crippen LogP contribution is 2.41. The van der Waals surface area contributed by atoms with E-state index in [1.165, 1.54) is 16.8 Å². The van der Waals surface area contributed by atoms with Crippen LogP contribution in [0.1, 0.15) is 12.0 Å². The van der Waals surface area contributed by atoms with Crippen LogP contribution in [0.15, 0.2) is 41.3 Å². The van der Waals surface area contributed by atoms with Gasteiger partial charge in [-0.1, -0.05) is 0 Å². The van der Waals surface area contributed by atoms with Crippen LogP contribution in [0.4, 0.5) is 10.2 Å². The molecule has 2 aromatic heterocycles. The Morgan fingerprint density at radius 1 is 1.12 bits per heavy atom. The minimum atomic E-state index is -1.24. The topological polar surface area (TPSA) is 78.2 Å². The first-order valence-electron chi connectivity index (χ1n) is 11.5. The van der Waals surface area contributed by atoms with Crippen LogP contribution in [-0.2, 0) is 0 Å². The number of ether oxygens (including phenoxy) is 3. The lowest BCUT2D eigenvalue weighted by Crippen LogP contribution is -2.65. The summed E-state index contributed by atoms with van der Waals surface area (Å²) in [6, 6.07) is 8.49. The molecular formula is C21H25B4FN4O4. The zero-order valence-corrected chi connectivity index (χ0v) is 20.0. The Balaban J connectivity index is 1.31. The van der Waals surface area contributed by atoms with Crippen LogP contribution in [0.2, 0.25) is 0 Å². The average Bonchev–Trinajstić information content (AvgIpc) is 2.75. The lowest BCUT2D eigenvalue weighted by atomic mass is 9.41. The minimum absolute atomic E-state index is 0.116. The molecular weight excluding hydrogens is 435 g/mol. The summed E-state index contributed by atoms with van der Waals surface area (Å²) >= 11 is 0. The summed E-state index contributed by atoms with van der Waals surface area (Å²) in [5, 5.41) is 3.42. The van der Waals surface area contributed by atoms with Gasteiger partial charge in [-0.05, 0) is 30.7 Å². The lowest BCUT2D eigenvalue weighted by Gasteiger charge is -2.47. The number of nitrogens with zero attached hydrogens (tertiary/aromatic N) is 4. The van der Waals surface area contributed by atoms with Crippen LogP contribution in [0.3, 0.4) is 0 Å². The largest absolute Gasteiger partial charge is 0.499 e. The van der Waals surface area contributed by atoms with Crippen molar-refractivity contribution in [3.05, 3.63) is 52.4 Å². The standard InChI is InChI=1S/C21H25B4FN4O4/c1-11-8-17-27-6-4-18(31)30(17)28-19(11)29-7-5-14(13(26)10-29)32-12-2-3-15-16(9-12)34-21(24,25)20(22,23)33-15/h2-4,6,8-9,13-14H,5,7,10,22-25H2,1H3/t13-,14-/m0/s1. The Labute approximate surface area is 200 Å². The van der Waals surface area contributed by atoms with Gasteiger partial charge in [0, 0.05) is 31.3 Å². The highest BCUT2D eigenvalue weighted by molar-refractivity contribution is 6.53. The average molecular weight is 460 g/mol.